The fourth-order valence-corrected chi connectivity index (χ4v) is 3.06. The Balaban J connectivity index is 1.53. The molecule has 1 aliphatic heterocycles. The van der Waals surface area contributed by atoms with E-state index < -0.39 is 0 Å². The fourth-order valence-electron chi connectivity index (χ4n) is 3.06. The molecule has 0 radical (unpaired) electrons. The van der Waals surface area contributed by atoms with Gasteiger partial charge in [-0.25, -0.2) is 0 Å². The molecule has 1 atom stereocenters. The molecule has 3 rings (SSSR count). The molecule has 0 bridgehead atoms. The normalized spacial score (nSPS) is 14.0. The number of hydrogen-bond acceptors (Lipinski definition) is 3. The average molecular weight is 339 g/mol. The van der Waals surface area contributed by atoms with Crippen molar-refractivity contribution in [2.24, 2.45) is 0 Å². The van der Waals surface area contributed by atoms with E-state index in [1.165, 1.54) is 5.56 Å². The topological polar surface area (TPSA) is 47.6 Å². The number of ether oxygens (including phenoxy) is 2. The largest absolute Gasteiger partial charge is 0.486 e. The summed E-state index contributed by atoms with van der Waals surface area (Å²) in [6.07, 6.45) is 3.16. The lowest BCUT2D eigenvalue weighted by molar-refractivity contribution is -0.122. The molecule has 1 amide bonds. The Labute approximate surface area is 149 Å². The molecule has 25 heavy (non-hydrogen) atoms. The van der Waals surface area contributed by atoms with Gasteiger partial charge in [-0.3, -0.25) is 4.79 Å². The zero-order valence-electron chi connectivity index (χ0n) is 14.7. The molecule has 132 valence electrons. The predicted octanol–water partition coefficient (Wildman–Crippen LogP) is 4.05. The second-order valence-electron chi connectivity index (χ2n) is 6.27. The second kappa shape index (κ2) is 8.56. The maximum Gasteiger partial charge on any atom is 0.220 e. The summed E-state index contributed by atoms with van der Waals surface area (Å²) in [4.78, 5) is 12.3. The molecule has 1 unspecified atom stereocenters. The number of carbonyl (C=O) groups is 1. The summed E-state index contributed by atoms with van der Waals surface area (Å²) in [5, 5.41) is 3.14. The molecule has 4 nitrogen and oxygen atoms in total. The summed E-state index contributed by atoms with van der Waals surface area (Å²) in [6, 6.07) is 16.2. The number of aryl methyl sites for hydroxylation is 1. The van der Waals surface area contributed by atoms with Crippen LogP contribution in [0.3, 0.4) is 0 Å². The Bertz CT molecular complexity index is 700. The molecule has 2 aromatic carbocycles. The summed E-state index contributed by atoms with van der Waals surface area (Å²) < 4.78 is 11.2. The van der Waals surface area contributed by atoms with Gasteiger partial charge in [0, 0.05) is 6.42 Å². The molecule has 0 saturated carbocycles. The van der Waals surface area contributed by atoms with E-state index in [1.807, 2.05) is 36.4 Å². The maximum absolute atomic E-state index is 12.3. The first-order chi connectivity index (χ1) is 12.3. The van der Waals surface area contributed by atoms with Crippen LogP contribution in [0.15, 0.2) is 48.5 Å². The van der Waals surface area contributed by atoms with Gasteiger partial charge in [0.15, 0.2) is 11.5 Å². The standard InChI is InChI=1S/C21H25NO3/c1-2-18(17-11-12-19-20(15-17)25-14-13-24-19)22-21(23)10-6-9-16-7-4-3-5-8-16/h3-5,7-8,11-12,15,18H,2,6,9-10,13-14H2,1H3,(H,22,23). The lowest BCUT2D eigenvalue weighted by atomic mass is 10.0. The molecule has 2 aromatic rings. The number of carbonyl (C=O) groups excluding carboxylic acids is 1. The summed E-state index contributed by atoms with van der Waals surface area (Å²) in [5.41, 5.74) is 2.33. The lowest BCUT2D eigenvalue weighted by Gasteiger charge is -2.22. The minimum Gasteiger partial charge on any atom is -0.486 e. The molecule has 0 saturated heterocycles. The quantitative estimate of drug-likeness (QED) is 0.828. The third kappa shape index (κ3) is 4.75. The number of amides is 1. The lowest BCUT2D eigenvalue weighted by Crippen LogP contribution is -2.28. The first-order valence-electron chi connectivity index (χ1n) is 8.99. The van der Waals surface area contributed by atoms with Gasteiger partial charge < -0.3 is 14.8 Å². The van der Waals surface area contributed by atoms with Crippen LogP contribution in [0.4, 0.5) is 0 Å². The van der Waals surface area contributed by atoms with E-state index in [0.717, 1.165) is 36.3 Å². The van der Waals surface area contributed by atoms with E-state index in [4.69, 9.17) is 9.47 Å². The van der Waals surface area contributed by atoms with Crippen LogP contribution in [0.5, 0.6) is 11.5 Å². The molecule has 1 aliphatic rings. The number of benzene rings is 2. The van der Waals surface area contributed by atoms with Gasteiger partial charge in [0.1, 0.15) is 13.2 Å². The Kier molecular flexibility index (Phi) is 5.94. The van der Waals surface area contributed by atoms with Gasteiger partial charge in [-0.2, -0.15) is 0 Å². The third-order valence-electron chi connectivity index (χ3n) is 4.42. The van der Waals surface area contributed by atoms with Crippen molar-refractivity contribution in [3.05, 3.63) is 59.7 Å². The third-order valence-corrected chi connectivity index (χ3v) is 4.42. The van der Waals surface area contributed by atoms with Gasteiger partial charge in [0.05, 0.1) is 6.04 Å². The minimum atomic E-state index is 0.0000480. The van der Waals surface area contributed by atoms with Crippen molar-refractivity contribution in [1.82, 2.24) is 5.32 Å². The summed E-state index contributed by atoms with van der Waals surface area (Å²) in [7, 11) is 0. The number of fused-ring (bicyclic) bond motifs is 1. The number of hydrogen-bond donors (Lipinski definition) is 1. The van der Waals surface area contributed by atoms with E-state index in [-0.39, 0.29) is 11.9 Å². The molecule has 0 aromatic heterocycles. The molecular formula is C21H25NO3. The monoisotopic (exact) mass is 339 g/mol. The summed E-state index contributed by atoms with van der Waals surface area (Å²) in [6.45, 7) is 3.23. The van der Waals surface area contributed by atoms with Gasteiger partial charge in [-0.05, 0) is 42.5 Å². The summed E-state index contributed by atoms with van der Waals surface area (Å²) in [5.74, 6) is 1.64. The highest BCUT2D eigenvalue weighted by Gasteiger charge is 2.17. The maximum atomic E-state index is 12.3. The van der Waals surface area contributed by atoms with Crippen molar-refractivity contribution >= 4 is 5.91 Å². The Hall–Kier alpha value is -2.49. The van der Waals surface area contributed by atoms with E-state index in [9.17, 15) is 4.79 Å². The molecule has 0 aliphatic carbocycles. The van der Waals surface area contributed by atoms with Crippen molar-refractivity contribution in [2.75, 3.05) is 13.2 Å². The molecule has 1 heterocycles. The first kappa shape index (κ1) is 17.3. The summed E-state index contributed by atoms with van der Waals surface area (Å²) >= 11 is 0. The van der Waals surface area contributed by atoms with Gasteiger partial charge in [-0.15, -0.1) is 0 Å². The van der Waals surface area contributed by atoms with Gasteiger partial charge in [-0.1, -0.05) is 43.3 Å². The zero-order chi connectivity index (χ0) is 17.5. The van der Waals surface area contributed by atoms with Crippen LogP contribution in [0.25, 0.3) is 0 Å². The van der Waals surface area contributed by atoms with Crippen LogP contribution >= 0.6 is 0 Å². The van der Waals surface area contributed by atoms with Crippen LogP contribution in [0.1, 0.15) is 43.4 Å². The Morgan fingerprint density at radius 1 is 1.08 bits per heavy atom. The van der Waals surface area contributed by atoms with E-state index in [2.05, 4.69) is 24.4 Å². The van der Waals surface area contributed by atoms with Crippen LogP contribution in [0.2, 0.25) is 0 Å². The van der Waals surface area contributed by atoms with Crippen molar-refractivity contribution in [3.63, 3.8) is 0 Å². The van der Waals surface area contributed by atoms with Crippen LogP contribution < -0.4 is 14.8 Å². The number of rotatable bonds is 7. The average Bonchev–Trinajstić information content (AvgIpc) is 2.66. The highest BCUT2D eigenvalue weighted by atomic mass is 16.6. The van der Waals surface area contributed by atoms with Gasteiger partial charge in [0.2, 0.25) is 5.91 Å². The minimum absolute atomic E-state index is 0.0000480. The molecule has 4 heteroatoms. The smallest absolute Gasteiger partial charge is 0.220 e. The Morgan fingerprint density at radius 2 is 1.84 bits per heavy atom. The fraction of sp³-hybridized carbons (Fsp3) is 0.381. The highest BCUT2D eigenvalue weighted by Crippen LogP contribution is 2.33. The molecular weight excluding hydrogens is 314 g/mol. The highest BCUT2D eigenvalue weighted by molar-refractivity contribution is 5.76. The first-order valence-corrected chi connectivity index (χ1v) is 8.99. The van der Waals surface area contributed by atoms with Crippen molar-refractivity contribution in [1.29, 1.82) is 0 Å². The van der Waals surface area contributed by atoms with Crippen LogP contribution in [-0.2, 0) is 11.2 Å². The van der Waals surface area contributed by atoms with E-state index in [0.29, 0.717) is 19.6 Å². The van der Waals surface area contributed by atoms with Gasteiger partial charge in [0.25, 0.3) is 0 Å². The predicted molar refractivity (Wildman–Crippen MR) is 98.0 cm³/mol. The van der Waals surface area contributed by atoms with Crippen LogP contribution in [0, 0.1) is 0 Å². The molecule has 0 spiro atoms. The molecule has 0 fully saturated rings. The van der Waals surface area contributed by atoms with Crippen molar-refractivity contribution in [2.45, 2.75) is 38.6 Å². The van der Waals surface area contributed by atoms with E-state index >= 15 is 0 Å². The van der Waals surface area contributed by atoms with Gasteiger partial charge >= 0.3 is 0 Å². The van der Waals surface area contributed by atoms with Crippen LogP contribution in [-0.4, -0.2) is 19.1 Å². The molecule has 1 N–H and O–H groups in total. The van der Waals surface area contributed by atoms with Crippen molar-refractivity contribution < 1.29 is 14.3 Å². The Morgan fingerprint density at radius 3 is 2.60 bits per heavy atom. The van der Waals surface area contributed by atoms with Crippen molar-refractivity contribution in [3.8, 4) is 11.5 Å². The number of nitrogens with one attached hydrogen (secondary N) is 1. The SMILES string of the molecule is CCC(NC(=O)CCCc1ccccc1)c1ccc2c(c1)OCCO2. The van der Waals surface area contributed by atoms with E-state index in [1.54, 1.807) is 0 Å². The zero-order valence-corrected chi connectivity index (χ0v) is 14.7. The second-order valence-corrected chi connectivity index (χ2v) is 6.27.